The fourth-order valence-corrected chi connectivity index (χ4v) is 4.55. The van der Waals surface area contributed by atoms with Crippen LogP contribution in [0.2, 0.25) is 0 Å². The molecule has 188 valence electrons. The highest BCUT2D eigenvalue weighted by Gasteiger charge is 2.27. The lowest BCUT2D eigenvalue weighted by Gasteiger charge is -2.37. The molecule has 0 bridgehead atoms. The molecule has 2 saturated heterocycles. The third-order valence-electron chi connectivity index (χ3n) is 6.50. The number of aliphatic imine (C=N–C) groups is 1. The lowest BCUT2D eigenvalue weighted by Crippen LogP contribution is -2.49. The molecule has 1 aromatic rings. The Hall–Kier alpha value is -0.940. The van der Waals surface area contributed by atoms with Crippen LogP contribution in [0.1, 0.15) is 45.2 Å². The Morgan fingerprint density at radius 3 is 2.45 bits per heavy atom. The van der Waals surface area contributed by atoms with Gasteiger partial charge in [-0.15, -0.1) is 24.0 Å². The molecular weight excluding hydrogens is 529 g/mol. The molecule has 0 aliphatic carbocycles. The van der Waals surface area contributed by atoms with E-state index in [9.17, 15) is 5.11 Å². The van der Waals surface area contributed by atoms with Gasteiger partial charge >= 0.3 is 0 Å². The molecule has 3 rings (SSSR count). The van der Waals surface area contributed by atoms with Crippen molar-refractivity contribution in [3.05, 3.63) is 35.9 Å². The third-order valence-corrected chi connectivity index (χ3v) is 6.50. The zero-order valence-electron chi connectivity index (χ0n) is 20.6. The molecule has 2 unspecified atom stereocenters. The minimum atomic E-state index is -0.873. The number of aliphatic hydroxyl groups is 1. The first-order chi connectivity index (χ1) is 15.5. The van der Waals surface area contributed by atoms with Crippen molar-refractivity contribution in [2.45, 2.75) is 45.3 Å². The molecule has 0 saturated carbocycles. The van der Waals surface area contributed by atoms with Crippen molar-refractivity contribution in [2.24, 2.45) is 10.9 Å². The van der Waals surface area contributed by atoms with Crippen LogP contribution in [0.3, 0.4) is 0 Å². The highest BCUT2D eigenvalue weighted by Crippen LogP contribution is 2.26. The van der Waals surface area contributed by atoms with Gasteiger partial charge in [0, 0.05) is 32.7 Å². The normalized spacial score (nSPS) is 21.6. The summed E-state index contributed by atoms with van der Waals surface area (Å²) >= 11 is 0. The summed E-state index contributed by atoms with van der Waals surface area (Å²) in [5, 5.41) is 17.8. The highest BCUT2D eigenvalue weighted by atomic mass is 127. The van der Waals surface area contributed by atoms with Gasteiger partial charge < -0.3 is 20.5 Å². The molecular formula is C25H44IN5O2. The van der Waals surface area contributed by atoms with Crippen LogP contribution in [-0.2, 0) is 4.74 Å². The van der Waals surface area contributed by atoms with Crippen LogP contribution in [0, 0.1) is 5.92 Å². The fourth-order valence-electron chi connectivity index (χ4n) is 4.55. The van der Waals surface area contributed by atoms with E-state index in [-0.39, 0.29) is 24.0 Å². The van der Waals surface area contributed by atoms with E-state index in [1.165, 1.54) is 18.4 Å². The standard InChI is InChI=1S/C25H43N5O2.HI/c1-4-26-24(28-19-25(3,31)20-29-14-16-32-17-15-29)27-18-23(22-8-6-5-7-9-22)30-12-10-21(2)11-13-30;/h5-9,21,23,31H,4,10-20H2,1-3H3,(H2,26,27,28);1H. The number of halogens is 1. The van der Waals surface area contributed by atoms with Crippen molar-refractivity contribution in [2.75, 3.05) is 65.6 Å². The topological polar surface area (TPSA) is 72.4 Å². The maximum Gasteiger partial charge on any atom is 0.191 e. The maximum absolute atomic E-state index is 10.9. The smallest absolute Gasteiger partial charge is 0.191 e. The second-order valence-corrected chi connectivity index (χ2v) is 9.61. The number of piperidine rings is 1. The number of nitrogens with zero attached hydrogens (tertiary/aromatic N) is 3. The zero-order valence-corrected chi connectivity index (χ0v) is 23.0. The van der Waals surface area contributed by atoms with Crippen LogP contribution >= 0.6 is 24.0 Å². The monoisotopic (exact) mass is 573 g/mol. The highest BCUT2D eigenvalue weighted by molar-refractivity contribution is 14.0. The minimum absolute atomic E-state index is 0. The lowest BCUT2D eigenvalue weighted by atomic mass is 9.95. The van der Waals surface area contributed by atoms with E-state index in [1.807, 2.05) is 6.92 Å². The number of guanidine groups is 1. The van der Waals surface area contributed by atoms with Gasteiger partial charge in [0.05, 0.1) is 31.4 Å². The van der Waals surface area contributed by atoms with Crippen molar-refractivity contribution in [1.82, 2.24) is 20.4 Å². The number of hydrogen-bond acceptors (Lipinski definition) is 5. The second-order valence-electron chi connectivity index (χ2n) is 9.61. The van der Waals surface area contributed by atoms with Crippen molar-refractivity contribution in [3.63, 3.8) is 0 Å². The zero-order chi connectivity index (χ0) is 22.8. The summed E-state index contributed by atoms with van der Waals surface area (Å²) < 4.78 is 5.42. The molecule has 2 aliphatic rings. The van der Waals surface area contributed by atoms with Crippen molar-refractivity contribution < 1.29 is 9.84 Å². The second kappa shape index (κ2) is 14.5. The first-order valence-electron chi connectivity index (χ1n) is 12.3. The summed E-state index contributed by atoms with van der Waals surface area (Å²) in [6.07, 6.45) is 2.50. The minimum Gasteiger partial charge on any atom is -0.387 e. The Bertz CT molecular complexity index is 689. The van der Waals surface area contributed by atoms with Gasteiger partial charge in [0.25, 0.3) is 0 Å². The van der Waals surface area contributed by atoms with E-state index in [1.54, 1.807) is 0 Å². The van der Waals surface area contributed by atoms with Crippen molar-refractivity contribution >= 4 is 29.9 Å². The van der Waals surface area contributed by atoms with Crippen LogP contribution in [0.25, 0.3) is 0 Å². The Kier molecular flexibility index (Phi) is 12.4. The Morgan fingerprint density at radius 2 is 1.82 bits per heavy atom. The van der Waals surface area contributed by atoms with Gasteiger partial charge in [0.15, 0.2) is 5.96 Å². The predicted octanol–water partition coefficient (Wildman–Crippen LogP) is 2.72. The molecule has 0 aromatic heterocycles. The van der Waals surface area contributed by atoms with Gasteiger partial charge in [-0.1, -0.05) is 37.3 Å². The van der Waals surface area contributed by atoms with Gasteiger partial charge in [-0.2, -0.15) is 0 Å². The molecule has 2 fully saturated rings. The first kappa shape index (κ1) is 28.3. The van der Waals surface area contributed by atoms with Gasteiger partial charge in [-0.3, -0.25) is 14.8 Å². The fraction of sp³-hybridized carbons (Fsp3) is 0.720. The molecule has 7 nitrogen and oxygen atoms in total. The molecule has 2 heterocycles. The number of hydrogen-bond donors (Lipinski definition) is 3. The largest absolute Gasteiger partial charge is 0.387 e. The molecule has 3 N–H and O–H groups in total. The number of morpholine rings is 1. The summed E-state index contributed by atoms with van der Waals surface area (Å²) in [5.41, 5.74) is 0.464. The van der Waals surface area contributed by atoms with Gasteiger partial charge in [0.1, 0.15) is 0 Å². The van der Waals surface area contributed by atoms with E-state index in [2.05, 4.69) is 64.6 Å². The van der Waals surface area contributed by atoms with E-state index in [0.29, 0.717) is 19.1 Å². The van der Waals surface area contributed by atoms with Crippen molar-refractivity contribution in [3.8, 4) is 0 Å². The molecule has 0 spiro atoms. The number of rotatable bonds is 9. The Balaban J connectivity index is 0.00000385. The number of benzene rings is 1. The molecule has 8 heteroatoms. The van der Waals surface area contributed by atoms with E-state index in [0.717, 1.165) is 64.4 Å². The summed E-state index contributed by atoms with van der Waals surface area (Å²) in [5.74, 6) is 1.57. The average Bonchev–Trinajstić information content (AvgIpc) is 2.80. The van der Waals surface area contributed by atoms with Crippen LogP contribution in [0.4, 0.5) is 0 Å². The van der Waals surface area contributed by atoms with Crippen LogP contribution in [0.5, 0.6) is 0 Å². The maximum atomic E-state index is 10.9. The predicted molar refractivity (Wildman–Crippen MR) is 146 cm³/mol. The summed E-state index contributed by atoms with van der Waals surface area (Å²) in [6, 6.07) is 11.1. The molecule has 2 atom stereocenters. The van der Waals surface area contributed by atoms with Gasteiger partial charge in [0.2, 0.25) is 0 Å². The van der Waals surface area contributed by atoms with Crippen LogP contribution in [0.15, 0.2) is 35.3 Å². The Morgan fingerprint density at radius 1 is 1.15 bits per heavy atom. The quantitative estimate of drug-likeness (QED) is 0.240. The van der Waals surface area contributed by atoms with Crippen LogP contribution in [-0.4, -0.2) is 92.0 Å². The molecule has 0 amide bonds. The number of β-amino-alcohol motifs (C(OH)–C–C–N with tert-alkyl or cyclic N) is 1. The molecule has 0 radical (unpaired) electrons. The van der Waals surface area contributed by atoms with E-state index in [4.69, 9.17) is 9.73 Å². The number of likely N-dealkylation sites (tertiary alicyclic amines) is 1. The lowest BCUT2D eigenvalue weighted by molar-refractivity contribution is -0.0180. The van der Waals surface area contributed by atoms with Crippen molar-refractivity contribution in [1.29, 1.82) is 0 Å². The third kappa shape index (κ3) is 9.68. The average molecular weight is 574 g/mol. The summed E-state index contributed by atoms with van der Waals surface area (Å²) in [4.78, 5) is 9.59. The number of nitrogens with one attached hydrogen (secondary N) is 2. The van der Waals surface area contributed by atoms with Gasteiger partial charge in [-0.25, -0.2) is 0 Å². The molecule has 33 heavy (non-hydrogen) atoms. The summed E-state index contributed by atoms with van der Waals surface area (Å²) in [6.45, 7) is 14.3. The number of ether oxygens (including phenoxy) is 1. The first-order valence-corrected chi connectivity index (χ1v) is 12.3. The van der Waals surface area contributed by atoms with Gasteiger partial charge in [-0.05, 0) is 51.3 Å². The SMILES string of the molecule is CCNC(=NCC(C)(O)CN1CCOCC1)NCC(c1ccccc1)N1CCC(C)CC1.I. The van der Waals surface area contributed by atoms with Crippen LogP contribution < -0.4 is 10.6 Å². The van der Waals surface area contributed by atoms with E-state index >= 15 is 0 Å². The summed E-state index contributed by atoms with van der Waals surface area (Å²) in [7, 11) is 0. The Labute approximate surface area is 217 Å². The molecule has 2 aliphatic heterocycles. The molecule has 1 aromatic carbocycles. The van der Waals surface area contributed by atoms with E-state index < -0.39 is 5.60 Å².